The van der Waals surface area contributed by atoms with E-state index in [1.807, 2.05) is 0 Å². The largest absolute Gasteiger partial charge is 0.495 e. The zero-order valence-corrected chi connectivity index (χ0v) is 12.7. The van der Waals surface area contributed by atoms with Gasteiger partial charge in [-0.1, -0.05) is 11.6 Å². The van der Waals surface area contributed by atoms with Crippen LogP contribution in [0.3, 0.4) is 0 Å². The van der Waals surface area contributed by atoms with E-state index in [1.54, 1.807) is 12.1 Å². The third-order valence-corrected chi connectivity index (χ3v) is 2.95. The van der Waals surface area contributed by atoms with E-state index in [9.17, 15) is 18.0 Å². The Balaban J connectivity index is 2.61. The minimum atomic E-state index is -4.72. The van der Waals surface area contributed by atoms with Gasteiger partial charge in [0.15, 0.2) is 6.10 Å². The van der Waals surface area contributed by atoms with Gasteiger partial charge in [-0.3, -0.25) is 9.69 Å². The van der Waals surface area contributed by atoms with Crippen molar-refractivity contribution in [3.05, 3.63) is 23.2 Å². The van der Waals surface area contributed by atoms with Crippen LogP contribution in [0.5, 0.6) is 5.75 Å². The summed E-state index contributed by atoms with van der Waals surface area (Å²) in [4.78, 5) is 12.9. The number of methoxy groups -OCH3 is 1. The van der Waals surface area contributed by atoms with Crippen LogP contribution < -0.4 is 10.1 Å². The molecule has 0 aliphatic carbocycles. The van der Waals surface area contributed by atoms with E-state index in [1.165, 1.54) is 20.2 Å². The topological polar surface area (TPSA) is 61.8 Å². The average molecular weight is 341 g/mol. The van der Waals surface area contributed by atoms with Crippen molar-refractivity contribution >= 4 is 23.2 Å². The van der Waals surface area contributed by atoms with E-state index < -0.39 is 24.7 Å². The molecule has 1 amide bonds. The van der Waals surface area contributed by atoms with Crippen molar-refractivity contribution < 1.29 is 27.8 Å². The van der Waals surface area contributed by atoms with Gasteiger partial charge in [0.05, 0.1) is 19.3 Å². The van der Waals surface area contributed by atoms with Gasteiger partial charge in [-0.05, 0) is 25.2 Å². The number of carbonyl (C=O) groups excluding carboxylic acids is 1. The SMILES string of the molecule is COc1ccc(Cl)cc1NC(=O)CN(C)CC(O)C(F)(F)F. The number of nitrogens with zero attached hydrogens (tertiary/aromatic N) is 1. The van der Waals surface area contributed by atoms with Gasteiger partial charge in [0, 0.05) is 11.6 Å². The lowest BCUT2D eigenvalue weighted by Crippen LogP contribution is -2.42. The molecule has 0 heterocycles. The fourth-order valence-corrected chi connectivity index (χ4v) is 1.85. The number of aliphatic hydroxyl groups excluding tert-OH is 1. The first-order valence-electron chi connectivity index (χ1n) is 6.20. The molecule has 0 aliphatic rings. The Kier molecular flexibility index (Phi) is 6.46. The van der Waals surface area contributed by atoms with Gasteiger partial charge in [-0.2, -0.15) is 13.2 Å². The molecule has 1 rings (SSSR count). The number of amides is 1. The predicted octanol–water partition coefficient (Wildman–Crippen LogP) is 2.14. The Labute approximate surface area is 130 Å². The van der Waals surface area contributed by atoms with Gasteiger partial charge >= 0.3 is 6.18 Å². The molecule has 0 saturated carbocycles. The number of anilines is 1. The second kappa shape index (κ2) is 7.66. The Morgan fingerprint density at radius 1 is 1.50 bits per heavy atom. The highest BCUT2D eigenvalue weighted by molar-refractivity contribution is 6.31. The highest BCUT2D eigenvalue weighted by Crippen LogP contribution is 2.27. The van der Waals surface area contributed by atoms with Crippen molar-refractivity contribution in [1.29, 1.82) is 0 Å². The van der Waals surface area contributed by atoms with Crippen LogP contribution in [0, 0.1) is 0 Å². The summed E-state index contributed by atoms with van der Waals surface area (Å²) in [5.41, 5.74) is 0.310. The molecule has 124 valence electrons. The maximum atomic E-state index is 12.2. The lowest BCUT2D eigenvalue weighted by molar-refractivity contribution is -0.207. The fourth-order valence-electron chi connectivity index (χ4n) is 1.68. The summed E-state index contributed by atoms with van der Waals surface area (Å²) in [7, 11) is 2.70. The first-order chi connectivity index (χ1) is 10.1. The quantitative estimate of drug-likeness (QED) is 0.833. The minimum absolute atomic E-state index is 0.310. The molecular weight excluding hydrogens is 325 g/mol. The molecule has 5 nitrogen and oxygen atoms in total. The molecule has 9 heteroatoms. The first-order valence-corrected chi connectivity index (χ1v) is 6.58. The minimum Gasteiger partial charge on any atom is -0.495 e. The number of nitrogens with one attached hydrogen (secondary N) is 1. The van der Waals surface area contributed by atoms with Crippen LogP contribution in [-0.2, 0) is 4.79 Å². The van der Waals surface area contributed by atoms with Crippen molar-refractivity contribution in [3.63, 3.8) is 0 Å². The van der Waals surface area contributed by atoms with Gasteiger partial charge in [-0.15, -0.1) is 0 Å². The standard InChI is InChI=1S/C13H16ClF3N2O3/c1-19(6-11(20)13(15,16)17)7-12(21)18-9-5-8(14)3-4-10(9)22-2/h3-5,11,20H,6-7H2,1-2H3,(H,18,21). The third-order valence-electron chi connectivity index (χ3n) is 2.71. The highest BCUT2D eigenvalue weighted by atomic mass is 35.5. The second-order valence-corrected chi connectivity index (χ2v) is 5.08. The molecule has 22 heavy (non-hydrogen) atoms. The van der Waals surface area contributed by atoms with Crippen LogP contribution in [-0.4, -0.2) is 55.4 Å². The molecule has 0 saturated heterocycles. The summed E-state index contributed by atoms with van der Waals surface area (Å²) >= 11 is 5.81. The molecule has 0 fully saturated rings. The van der Waals surface area contributed by atoms with E-state index in [4.69, 9.17) is 21.4 Å². The number of benzene rings is 1. The number of carbonyl (C=O) groups is 1. The maximum Gasteiger partial charge on any atom is 0.415 e. The number of ether oxygens (including phenoxy) is 1. The number of alkyl halides is 3. The zero-order valence-electron chi connectivity index (χ0n) is 11.9. The van der Waals surface area contributed by atoms with Gasteiger partial charge in [0.25, 0.3) is 0 Å². The van der Waals surface area contributed by atoms with Crippen LogP contribution in [0.4, 0.5) is 18.9 Å². The van der Waals surface area contributed by atoms with Crippen molar-refractivity contribution in [2.24, 2.45) is 0 Å². The molecule has 1 aromatic rings. The van der Waals surface area contributed by atoms with Crippen LogP contribution >= 0.6 is 11.6 Å². The fraction of sp³-hybridized carbons (Fsp3) is 0.462. The summed E-state index contributed by atoms with van der Waals surface area (Å²) in [5, 5.41) is 11.8. The molecule has 0 aliphatic heterocycles. The lowest BCUT2D eigenvalue weighted by atomic mass is 10.3. The Hall–Kier alpha value is -1.51. The average Bonchev–Trinajstić information content (AvgIpc) is 2.37. The number of halogens is 4. The molecule has 1 atom stereocenters. The number of hydrogen-bond donors (Lipinski definition) is 2. The summed E-state index contributed by atoms with van der Waals surface area (Å²) in [6.07, 6.45) is -7.23. The third kappa shape index (κ3) is 5.70. The number of hydrogen-bond acceptors (Lipinski definition) is 4. The molecule has 1 aromatic carbocycles. The van der Waals surface area contributed by atoms with Gasteiger partial charge in [0.2, 0.25) is 5.91 Å². The lowest BCUT2D eigenvalue weighted by Gasteiger charge is -2.22. The zero-order chi connectivity index (χ0) is 16.9. The predicted molar refractivity (Wildman–Crippen MR) is 76.2 cm³/mol. The number of aliphatic hydroxyl groups is 1. The normalized spacial score (nSPS) is 13.1. The van der Waals surface area contributed by atoms with Crippen LogP contribution in [0.2, 0.25) is 5.02 Å². The Bertz CT molecular complexity index is 526. The Morgan fingerprint density at radius 3 is 2.68 bits per heavy atom. The van der Waals surface area contributed by atoms with Gasteiger partial charge < -0.3 is 15.2 Å². The van der Waals surface area contributed by atoms with E-state index in [-0.39, 0.29) is 6.54 Å². The monoisotopic (exact) mass is 340 g/mol. The highest BCUT2D eigenvalue weighted by Gasteiger charge is 2.38. The summed E-state index contributed by atoms with van der Waals surface area (Å²) in [5.74, 6) is -0.187. The molecule has 2 N–H and O–H groups in total. The van der Waals surface area contributed by atoms with Crippen molar-refractivity contribution in [1.82, 2.24) is 4.90 Å². The first kappa shape index (κ1) is 18.5. The summed E-state index contributed by atoms with van der Waals surface area (Å²) in [6.45, 7) is -1.04. The smallest absolute Gasteiger partial charge is 0.415 e. The van der Waals surface area contributed by atoms with Crippen molar-refractivity contribution in [2.75, 3.05) is 32.6 Å². The second-order valence-electron chi connectivity index (χ2n) is 4.65. The van der Waals surface area contributed by atoms with Crippen LogP contribution in [0.25, 0.3) is 0 Å². The molecule has 0 aromatic heterocycles. The van der Waals surface area contributed by atoms with E-state index in [0.717, 1.165) is 4.90 Å². The molecule has 0 radical (unpaired) electrons. The molecule has 0 bridgehead atoms. The van der Waals surface area contributed by atoms with Gasteiger partial charge in [-0.25, -0.2) is 0 Å². The van der Waals surface area contributed by atoms with Crippen LogP contribution in [0.1, 0.15) is 0 Å². The van der Waals surface area contributed by atoms with Crippen molar-refractivity contribution in [3.8, 4) is 5.75 Å². The molecule has 1 unspecified atom stereocenters. The number of likely N-dealkylation sites (N-methyl/N-ethyl adjacent to an activating group) is 1. The number of rotatable bonds is 6. The van der Waals surface area contributed by atoms with E-state index >= 15 is 0 Å². The summed E-state index contributed by atoms with van der Waals surface area (Å²) in [6, 6.07) is 4.58. The summed E-state index contributed by atoms with van der Waals surface area (Å²) < 4.78 is 41.7. The molecule has 0 spiro atoms. The Morgan fingerprint density at radius 2 is 2.14 bits per heavy atom. The maximum absolute atomic E-state index is 12.2. The van der Waals surface area contributed by atoms with E-state index in [2.05, 4.69) is 5.32 Å². The van der Waals surface area contributed by atoms with Gasteiger partial charge in [0.1, 0.15) is 5.75 Å². The van der Waals surface area contributed by atoms with Crippen molar-refractivity contribution in [2.45, 2.75) is 12.3 Å². The van der Waals surface area contributed by atoms with E-state index in [0.29, 0.717) is 16.5 Å². The van der Waals surface area contributed by atoms with Crippen LogP contribution in [0.15, 0.2) is 18.2 Å². The molecular formula is C13H16ClF3N2O3.